The highest BCUT2D eigenvalue weighted by atomic mass is 35.5. The summed E-state index contributed by atoms with van der Waals surface area (Å²) in [5.41, 5.74) is 6.29. The molecule has 1 aromatic carbocycles. The van der Waals surface area contributed by atoms with E-state index in [9.17, 15) is 9.59 Å². The van der Waals surface area contributed by atoms with Gasteiger partial charge in [0.05, 0.1) is 5.75 Å². The van der Waals surface area contributed by atoms with E-state index >= 15 is 0 Å². The Morgan fingerprint density at radius 3 is 2.83 bits per heavy atom. The van der Waals surface area contributed by atoms with Gasteiger partial charge in [-0.3, -0.25) is 10.1 Å². The number of amides is 3. The number of nitrogens with two attached hydrogens (primary N) is 1. The van der Waals surface area contributed by atoms with Crippen molar-refractivity contribution in [3.63, 3.8) is 0 Å². The SMILES string of the molecule is CCNC(=O)NC(=O)CSc1cc(Cl)ccc1N. The summed E-state index contributed by atoms with van der Waals surface area (Å²) in [6, 6.07) is 4.53. The lowest BCUT2D eigenvalue weighted by Crippen LogP contribution is -2.40. The predicted octanol–water partition coefficient (Wildman–Crippen LogP) is 1.86. The summed E-state index contributed by atoms with van der Waals surface area (Å²) in [5, 5.41) is 5.22. The molecule has 0 spiro atoms. The first-order chi connectivity index (χ1) is 8.52. The monoisotopic (exact) mass is 287 g/mol. The number of anilines is 1. The maximum atomic E-state index is 11.4. The molecule has 1 aromatic rings. The topological polar surface area (TPSA) is 84.2 Å². The molecule has 0 saturated heterocycles. The minimum atomic E-state index is -0.498. The first-order valence-corrected chi connectivity index (χ1v) is 6.64. The maximum absolute atomic E-state index is 11.4. The Kier molecular flexibility index (Phi) is 5.80. The molecular formula is C11H14ClN3O2S. The van der Waals surface area contributed by atoms with Gasteiger partial charge in [0.15, 0.2) is 0 Å². The van der Waals surface area contributed by atoms with Crippen molar-refractivity contribution in [2.24, 2.45) is 0 Å². The maximum Gasteiger partial charge on any atom is 0.321 e. The second-order valence-corrected chi connectivity index (χ2v) is 4.83. The Labute approximate surface area is 114 Å². The fourth-order valence-electron chi connectivity index (χ4n) is 1.14. The van der Waals surface area contributed by atoms with E-state index in [-0.39, 0.29) is 11.7 Å². The number of thioether (sulfide) groups is 1. The number of carbonyl (C=O) groups is 2. The first-order valence-electron chi connectivity index (χ1n) is 5.28. The van der Waals surface area contributed by atoms with Crippen molar-refractivity contribution in [2.75, 3.05) is 18.0 Å². The van der Waals surface area contributed by atoms with E-state index in [1.54, 1.807) is 25.1 Å². The first kappa shape index (κ1) is 14.7. The molecule has 0 bridgehead atoms. The summed E-state index contributed by atoms with van der Waals surface area (Å²) in [6.45, 7) is 2.24. The van der Waals surface area contributed by atoms with Crippen LogP contribution in [0, 0.1) is 0 Å². The van der Waals surface area contributed by atoms with Gasteiger partial charge in [-0.05, 0) is 25.1 Å². The molecule has 3 amide bonds. The van der Waals surface area contributed by atoms with Gasteiger partial charge in [-0.15, -0.1) is 11.8 Å². The van der Waals surface area contributed by atoms with Crippen LogP contribution in [0.4, 0.5) is 10.5 Å². The van der Waals surface area contributed by atoms with E-state index in [0.717, 1.165) is 0 Å². The van der Waals surface area contributed by atoms with Crippen molar-refractivity contribution in [1.29, 1.82) is 0 Å². The van der Waals surface area contributed by atoms with Gasteiger partial charge < -0.3 is 11.1 Å². The number of halogens is 1. The van der Waals surface area contributed by atoms with Crippen molar-refractivity contribution >= 4 is 41.0 Å². The number of rotatable bonds is 4. The van der Waals surface area contributed by atoms with E-state index < -0.39 is 6.03 Å². The third kappa shape index (κ3) is 4.85. The molecule has 0 saturated carbocycles. The lowest BCUT2D eigenvalue weighted by molar-refractivity contribution is -0.117. The van der Waals surface area contributed by atoms with Gasteiger partial charge in [0.2, 0.25) is 5.91 Å². The van der Waals surface area contributed by atoms with Crippen LogP contribution in [0.1, 0.15) is 6.92 Å². The molecule has 0 aliphatic rings. The quantitative estimate of drug-likeness (QED) is 0.583. The zero-order chi connectivity index (χ0) is 13.5. The van der Waals surface area contributed by atoms with Crippen LogP contribution in [0.5, 0.6) is 0 Å². The lowest BCUT2D eigenvalue weighted by Gasteiger charge is -2.06. The van der Waals surface area contributed by atoms with Crippen LogP contribution in [-0.4, -0.2) is 24.2 Å². The van der Waals surface area contributed by atoms with Gasteiger partial charge in [0.25, 0.3) is 0 Å². The molecule has 98 valence electrons. The fraction of sp³-hybridized carbons (Fsp3) is 0.273. The van der Waals surface area contributed by atoms with E-state index in [1.807, 2.05) is 0 Å². The zero-order valence-electron chi connectivity index (χ0n) is 9.83. The van der Waals surface area contributed by atoms with Gasteiger partial charge in [0.1, 0.15) is 0 Å². The Morgan fingerprint density at radius 2 is 2.17 bits per heavy atom. The van der Waals surface area contributed by atoms with Crippen LogP contribution in [0.25, 0.3) is 0 Å². The average molecular weight is 288 g/mol. The standard InChI is InChI=1S/C11H14ClN3O2S/c1-2-14-11(17)15-10(16)6-18-9-5-7(12)3-4-8(9)13/h3-5H,2,6,13H2,1H3,(H2,14,15,16,17). The van der Waals surface area contributed by atoms with Crippen molar-refractivity contribution in [3.05, 3.63) is 23.2 Å². The Morgan fingerprint density at radius 1 is 1.44 bits per heavy atom. The number of urea groups is 1. The van der Waals surface area contributed by atoms with Gasteiger partial charge in [-0.1, -0.05) is 11.6 Å². The van der Waals surface area contributed by atoms with Crippen LogP contribution < -0.4 is 16.4 Å². The molecule has 5 nitrogen and oxygen atoms in total. The molecule has 4 N–H and O–H groups in total. The van der Waals surface area contributed by atoms with Crippen LogP contribution >= 0.6 is 23.4 Å². The largest absolute Gasteiger partial charge is 0.398 e. The van der Waals surface area contributed by atoms with Gasteiger partial charge in [-0.2, -0.15) is 0 Å². The van der Waals surface area contributed by atoms with Gasteiger partial charge in [-0.25, -0.2) is 4.79 Å². The number of nitrogen functional groups attached to an aromatic ring is 1. The number of imide groups is 1. The van der Waals surface area contributed by atoms with Crippen LogP contribution in [0.15, 0.2) is 23.1 Å². The van der Waals surface area contributed by atoms with E-state index in [1.165, 1.54) is 11.8 Å². The highest BCUT2D eigenvalue weighted by Crippen LogP contribution is 2.27. The smallest absolute Gasteiger partial charge is 0.321 e. The number of benzene rings is 1. The lowest BCUT2D eigenvalue weighted by atomic mass is 10.3. The molecule has 0 atom stereocenters. The summed E-state index contributed by atoms with van der Waals surface area (Å²) < 4.78 is 0. The van der Waals surface area contributed by atoms with Crippen LogP contribution in [-0.2, 0) is 4.79 Å². The van der Waals surface area contributed by atoms with Crippen LogP contribution in [0.2, 0.25) is 5.02 Å². The van der Waals surface area contributed by atoms with E-state index in [2.05, 4.69) is 10.6 Å². The van der Waals surface area contributed by atoms with Crippen LogP contribution in [0.3, 0.4) is 0 Å². The van der Waals surface area contributed by atoms with E-state index in [4.69, 9.17) is 17.3 Å². The summed E-state index contributed by atoms with van der Waals surface area (Å²) in [4.78, 5) is 23.2. The Hall–Kier alpha value is -1.40. The molecule has 18 heavy (non-hydrogen) atoms. The average Bonchev–Trinajstić information content (AvgIpc) is 2.30. The number of carbonyl (C=O) groups excluding carboxylic acids is 2. The highest BCUT2D eigenvalue weighted by molar-refractivity contribution is 8.00. The van der Waals surface area contributed by atoms with Crippen molar-refractivity contribution in [1.82, 2.24) is 10.6 Å². The predicted molar refractivity (Wildman–Crippen MR) is 73.8 cm³/mol. The van der Waals surface area contributed by atoms with Crippen molar-refractivity contribution < 1.29 is 9.59 Å². The number of hydrogen-bond acceptors (Lipinski definition) is 4. The molecule has 0 aromatic heterocycles. The fourth-order valence-corrected chi connectivity index (χ4v) is 2.18. The molecule has 0 unspecified atom stereocenters. The van der Waals surface area contributed by atoms with Crippen molar-refractivity contribution in [2.45, 2.75) is 11.8 Å². The summed E-state index contributed by atoms with van der Waals surface area (Å²) in [6.07, 6.45) is 0. The van der Waals surface area contributed by atoms with Gasteiger partial charge >= 0.3 is 6.03 Å². The summed E-state index contributed by atoms with van der Waals surface area (Å²) in [5.74, 6) is -0.285. The normalized spacial score (nSPS) is 9.89. The molecule has 0 fully saturated rings. The van der Waals surface area contributed by atoms with Crippen molar-refractivity contribution in [3.8, 4) is 0 Å². The molecule has 0 radical (unpaired) electrons. The molecule has 0 aliphatic carbocycles. The molecule has 1 rings (SSSR count). The third-order valence-electron chi connectivity index (χ3n) is 1.92. The molecule has 0 aliphatic heterocycles. The minimum Gasteiger partial charge on any atom is -0.398 e. The summed E-state index contributed by atoms with van der Waals surface area (Å²) in [7, 11) is 0. The highest BCUT2D eigenvalue weighted by Gasteiger charge is 2.08. The second kappa shape index (κ2) is 7.13. The number of hydrogen-bond donors (Lipinski definition) is 3. The second-order valence-electron chi connectivity index (χ2n) is 3.38. The third-order valence-corrected chi connectivity index (χ3v) is 3.23. The Bertz CT molecular complexity index is 454. The molecular weight excluding hydrogens is 274 g/mol. The number of nitrogens with one attached hydrogen (secondary N) is 2. The minimum absolute atomic E-state index is 0.0989. The Balaban J connectivity index is 2.47. The van der Waals surface area contributed by atoms with Gasteiger partial charge in [0, 0.05) is 22.2 Å². The molecule has 7 heteroatoms. The molecule has 0 heterocycles. The zero-order valence-corrected chi connectivity index (χ0v) is 11.4. The van der Waals surface area contributed by atoms with E-state index in [0.29, 0.717) is 22.2 Å². The summed E-state index contributed by atoms with van der Waals surface area (Å²) >= 11 is 7.05.